The summed E-state index contributed by atoms with van der Waals surface area (Å²) in [4.78, 5) is 17.4. The highest BCUT2D eigenvalue weighted by Gasteiger charge is 2.45. The number of ether oxygens (including phenoxy) is 2. The van der Waals surface area contributed by atoms with E-state index < -0.39 is 11.4 Å². The lowest BCUT2D eigenvalue weighted by Crippen LogP contribution is -2.49. The Balaban J connectivity index is 1.84. The van der Waals surface area contributed by atoms with Gasteiger partial charge in [0.25, 0.3) is 0 Å². The van der Waals surface area contributed by atoms with Crippen molar-refractivity contribution in [1.29, 1.82) is 0 Å². The van der Waals surface area contributed by atoms with Gasteiger partial charge in [-0.1, -0.05) is 33.3 Å². The number of hydrogen-bond acceptors (Lipinski definition) is 5. The van der Waals surface area contributed by atoms with Gasteiger partial charge in [-0.3, -0.25) is 9.78 Å². The Morgan fingerprint density at radius 2 is 1.97 bits per heavy atom. The van der Waals surface area contributed by atoms with Crippen molar-refractivity contribution in [2.45, 2.75) is 110 Å². The van der Waals surface area contributed by atoms with Gasteiger partial charge in [-0.15, -0.1) is 0 Å². The third-order valence-corrected chi connectivity index (χ3v) is 6.55. The highest BCUT2D eigenvalue weighted by molar-refractivity contribution is 5.73. The van der Waals surface area contributed by atoms with Gasteiger partial charge < -0.3 is 15.2 Å². The van der Waals surface area contributed by atoms with E-state index in [2.05, 4.69) is 40.7 Å². The monoisotopic (exact) mass is 428 g/mol. The van der Waals surface area contributed by atoms with E-state index in [9.17, 15) is 4.79 Å². The van der Waals surface area contributed by atoms with Crippen molar-refractivity contribution in [3.05, 3.63) is 29.6 Å². The first-order valence-corrected chi connectivity index (χ1v) is 11.8. The molecule has 0 saturated carbocycles. The fraction of sp³-hybridized carbons (Fsp3) is 0.692. The number of rotatable bonds is 6. The van der Waals surface area contributed by atoms with Crippen LogP contribution >= 0.6 is 0 Å². The molecule has 1 aliphatic heterocycles. The Bertz CT molecular complexity index is 843. The highest BCUT2D eigenvalue weighted by atomic mass is 16.7. The molecule has 2 heterocycles. The number of carbonyl (C=O) groups excluding carboxylic acids is 1. The second-order valence-electron chi connectivity index (χ2n) is 11.0. The van der Waals surface area contributed by atoms with Crippen LogP contribution in [0, 0.1) is 5.41 Å². The Hall–Kier alpha value is -1.88. The molecule has 1 aromatic rings. The van der Waals surface area contributed by atoms with Crippen molar-refractivity contribution >= 4 is 17.2 Å². The second-order valence-corrected chi connectivity index (χ2v) is 11.0. The maximum atomic E-state index is 12.3. The number of hydrogen-bond donors (Lipinski definition) is 1. The van der Waals surface area contributed by atoms with Crippen LogP contribution in [0.4, 0.5) is 5.69 Å². The molecular formula is C26H40N2O3. The third-order valence-electron chi connectivity index (χ3n) is 6.55. The van der Waals surface area contributed by atoms with Crippen molar-refractivity contribution in [2.24, 2.45) is 5.41 Å². The molecule has 31 heavy (non-hydrogen) atoms. The van der Waals surface area contributed by atoms with E-state index >= 15 is 0 Å². The molecule has 5 heteroatoms. The van der Waals surface area contributed by atoms with E-state index in [0.717, 1.165) is 55.6 Å². The van der Waals surface area contributed by atoms with Gasteiger partial charge in [-0.25, -0.2) is 0 Å². The van der Waals surface area contributed by atoms with Gasteiger partial charge in [0.2, 0.25) is 5.79 Å². The minimum Gasteiger partial charge on any atom is -0.433 e. The minimum atomic E-state index is -0.950. The molecule has 2 aliphatic rings. The maximum Gasteiger partial charge on any atom is 0.308 e. The molecule has 0 amide bonds. The molecular weight excluding hydrogens is 388 g/mol. The number of carbonyl (C=O) groups is 1. The van der Waals surface area contributed by atoms with E-state index in [1.54, 1.807) is 0 Å². The van der Waals surface area contributed by atoms with Gasteiger partial charge in [0, 0.05) is 31.4 Å². The average molecular weight is 429 g/mol. The van der Waals surface area contributed by atoms with Crippen LogP contribution in [0.3, 0.4) is 0 Å². The lowest BCUT2D eigenvalue weighted by atomic mass is 9.77. The largest absolute Gasteiger partial charge is 0.433 e. The molecule has 0 bridgehead atoms. The second kappa shape index (κ2) is 8.93. The zero-order valence-electron chi connectivity index (χ0n) is 20.2. The van der Waals surface area contributed by atoms with Crippen LogP contribution in [-0.4, -0.2) is 22.3 Å². The molecule has 2 unspecified atom stereocenters. The zero-order valence-corrected chi connectivity index (χ0v) is 20.2. The predicted molar refractivity (Wildman–Crippen MR) is 125 cm³/mol. The SMILES string of the molecule is CCCCC(=O)OC1(C)CC(c2ccc(N)c(C3=CCC(C)(C)CC3)n2)CC(C)(C)O1. The molecule has 5 nitrogen and oxygen atoms in total. The van der Waals surface area contributed by atoms with Gasteiger partial charge >= 0.3 is 5.97 Å². The van der Waals surface area contributed by atoms with Crippen LogP contribution in [0.1, 0.15) is 110 Å². The molecule has 3 rings (SSSR count). The fourth-order valence-corrected chi connectivity index (χ4v) is 4.93. The number of anilines is 1. The molecule has 2 N–H and O–H groups in total. The quantitative estimate of drug-likeness (QED) is 0.532. The number of nitrogens with two attached hydrogens (primary N) is 1. The molecule has 0 aromatic carbocycles. The lowest BCUT2D eigenvalue weighted by molar-refractivity contribution is -0.286. The summed E-state index contributed by atoms with van der Waals surface area (Å²) < 4.78 is 12.1. The lowest BCUT2D eigenvalue weighted by Gasteiger charge is -2.45. The molecule has 1 aliphatic carbocycles. The van der Waals surface area contributed by atoms with E-state index in [1.807, 2.05) is 19.1 Å². The van der Waals surface area contributed by atoms with E-state index in [4.69, 9.17) is 20.2 Å². The molecule has 172 valence electrons. The number of nitrogen functional groups attached to an aromatic ring is 1. The number of esters is 1. The summed E-state index contributed by atoms with van der Waals surface area (Å²) in [5.74, 6) is -1.01. The molecule has 0 radical (unpaired) electrons. The summed E-state index contributed by atoms with van der Waals surface area (Å²) in [5.41, 5.74) is 10.2. The van der Waals surface area contributed by atoms with E-state index in [-0.39, 0.29) is 11.9 Å². The van der Waals surface area contributed by atoms with Crippen molar-refractivity contribution < 1.29 is 14.3 Å². The minimum absolute atomic E-state index is 0.132. The van der Waals surface area contributed by atoms with Crippen molar-refractivity contribution in [3.8, 4) is 0 Å². The van der Waals surface area contributed by atoms with E-state index in [1.165, 1.54) is 5.57 Å². The Kier molecular flexibility index (Phi) is 6.85. The van der Waals surface area contributed by atoms with Crippen LogP contribution in [-0.2, 0) is 14.3 Å². The van der Waals surface area contributed by atoms with Gasteiger partial charge in [0.05, 0.1) is 17.0 Å². The first-order chi connectivity index (χ1) is 14.4. The fourth-order valence-electron chi connectivity index (χ4n) is 4.93. The van der Waals surface area contributed by atoms with Gasteiger partial charge in [0.15, 0.2) is 0 Å². The first kappa shape index (κ1) is 23.8. The summed E-state index contributed by atoms with van der Waals surface area (Å²) in [6.07, 6.45) is 9.12. The summed E-state index contributed by atoms with van der Waals surface area (Å²) >= 11 is 0. The third kappa shape index (κ3) is 6.09. The predicted octanol–water partition coefficient (Wildman–Crippen LogP) is 6.38. The van der Waals surface area contributed by atoms with Crippen LogP contribution in [0.2, 0.25) is 0 Å². The highest BCUT2D eigenvalue weighted by Crippen LogP contribution is 2.45. The first-order valence-electron chi connectivity index (χ1n) is 11.8. The molecule has 1 fully saturated rings. The van der Waals surface area contributed by atoms with Crippen molar-refractivity contribution in [2.75, 3.05) is 5.73 Å². The van der Waals surface area contributed by atoms with Crippen LogP contribution in [0.15, 0.2) is 18.2 Å². The smallest absolute Gasteiger partial charge is 0.308 e. The molecule has 2 atom stereocenters. The van der Waals surface area contributed by atoms with Gasteiger partial charge in [-0.2, -0.15) is 0 Å². The number of pyridine rings is 1. The maximum absolute atomic E-state index is 12.3. The zero-order chi connectivity index (χ0) is 22.9. The van der Waals surface area contributed by atoms with Crippen molar-refractivity contribution in [1.82, 2.24) is 4.98 Å². The summed E-state index contributed by atoms with van der Waals surface area (Å²) in [6.45, 7) is 12.7. The molecule has 1 aromatic heterocycles. The normalized spacial score (nSPS) is 27.4. The van der Waals surface area contributed by atoms with Crippen LogP contribution < -0.4 is 5.73 Å². The summed E-state index contributed by atoms with van der Waals surface area (Å²) in [5, 5.41) is 0. The molecule has 1 saturated heterocycles. The molecule has 0 spiro atoms. The van der Waals surface area contributed by atoms with Gasteiger partial charge in [-0.05, 0) is 69.1 Å². The standard InChI is InChI=1S/C26H40N2O3/c1-7-8-9-22(29)30-26(6)17-19(16-25(4,5)31-26)21-11-10-20(27)23(28-21)18-12-14-24(2,3)15-13-18/h10-12,19H,7-9,13-17,27H2,1-6H3. The average Bonchev–Trinajstić information content (AvgIpc) is 2.65. The van der Waals surface area contributed by atoms with Crippen molar-refractivity contribution in [3.63, 3.8) is 0 Å². The number of allylic oxidation sites excluding steroid dienone is 2. The Morgan fingerprint density at radius 3 is 2.61 bits per heavy atom. The Labute approximate surface area is 187 Å². The van der Waals surface area contributed by atoms with E-state index in [0.29, 0.717) is 18.3 Å². The van der Waals surface area contributed by atoms with Crippen LogP contribution in [0.5, 0.6) is 0 Å². The number of aromatic nitrogens is 1. The summed E-state index contributed by atoms with van der Waals surface area (Å²) in [7, 11) is 0. The van der Waals surface area contributed by atoms with Gasteiger partial charge in [0.1, 0.15) is 0 Å². The Morgan fingerprint density at radius 1 is 1.23 bits per heavy atom. The number of unbranched alkanes of at least 4 members (excludes halogenated alkanes) is 1. The number of nitrogens with zero attached hydrogens (tertiary/aromatic N) is 1. The topological polar surface area (TPSA) is 74.4 Å². The summed E-state index contributed by atoms with van der Waals surface area (Å²) in [6, 6.07) is 4.00. The van der Waals surface area contributed by atoms with Crippen LogP contribution in [0.25, 0.3) is 5.57 Å².